The smallest absolute Gasteiger partial charge is 0.0994 e. The van der Waals surface area contributed by atoms with E-state index < -0.39 is 0 Å². The lowest BCUT2D eigenvalue weighted by molar-refractivity contribution is 1.32. The van der Waals surface area contributed by atoms with Gasteiger partial charge in [-0.15, -0.1) is 8.20 Å². The number of hydrogen-bond donors (Lipinski definition) is 0. The Morgan fingerprint density at radius 1 is 1.58 bits per heavy atom. The minimum Gasteiger partial charge on any atom is -0.192 e. The maximum Gasteiger partial charge on any atom is 0.0994 e. The molecule has 0 aromatic heterocycles. The van der Waals surface area contributed by atoms with Gasteiger partial charge in [-0.3, -0.25) is 0 Å². The fourth-order valence-electron chi connectivity index (χ4n) is 1.08. The van der Waals surface area contributed by atoms with Gasteiger partial charge in [0.1, 0.15) is 0 Å². The quantitative estimate of drug-likeness (QED) is 0.634. The summed E-state index contributed by atoms with van der Waals surface area (Å²) in [5, 5.41) is 8.68. The highest BCUT2D eigenvalue weighted by Gasteiger charge is 1.96. The largest absolute Gasteiger partial charge is 0.192 e. The second-order valence-corrected chi connectivity index (χ2v) is 3.41. The molecule has 0 N–H and O–H groups in total. The summed E-state index contributed by atoms with van der Waals surface area (Å²) in [6.45, 7) is 1.96. The van der Waals surface area contributed by atoms with Gasteiger partial charge >= 0.3 is 0 Å². The van der Waals surface area contributed by atoms with E-state index >= 15 is 0 Å². The first kappa shape index (κ1) is 8.97. The monoisotopic (exact) mass is 175 g/mol. The van der Waals surface area contributed by atoms with Crippen LogP contribution in [0.3, 0.4) is 0 Å². The van der Waals surface area contributed by atoms with E-state index in [9.17, 15) is 0 Å². The van der Waals surface area contributed by atoms with Crippen molar-refractivity contribution >= 4 is 14.5 Å². The third-order valence-electron chi connectivity index (χ3n) is 1.71. The molecule has 0 saturated heterocycles. The molecule has 0 bridgehead atoms. The Hall–Kier alpha value is -1.12. The summed E-state index contributed by atoms with van der Waals surface area (Å²) in [5.41, 5.74) is 3.07. The SMILES string of the molecule is C=PCc1ccc(C#N)c(C)c1. The molecule has 0 aliphatic rings. The van der Waals surface area contributed by atoms with Crippen LogP contribution in [0, 0.1) is 18.3 Å². The fraction of sp³-hybridized carbons (Fsp3) is 0.200. The van der Waals surface area contributed by atoms with Gasteiger partial charge in [0.15, 0.2) is 0 Å². The van der Waals surface area contributed by atoms with Crippen LogP contribution < -0.4 is 0 Å². The van der Waals surface area contributed by atoms with Gasteiger partial charge in [0.2, 0.25) is 0 Å². The number of benzene rings is 1. The van der Waals surface area contributed by atoms with Crippen LogP contribution in [0.2, 0.25) is 0 Å². The number of rotatable bonds is 2. The summed E-state index contributed by atoms with van der Waals surface area (Å²) >= 11 is 0. The van der Waals surface area contributed by atoms with E-state index in [1.54, 1.807) is 0 Å². The van der Waals surface area contributed by atoms with E-state index in [2.05, 4.69) is 18.4 Å². The molecule has 60 valence electrons. The van der Waals surface area contributed by atoms with Crippen molar-refractivity contribution in [2.45, 2.75) is 13.1 Å². The van der Waals surface area contributed by atoms with Crippen LogP contribution >= 0.6 is 8.20 Å². The third-order valence-corrected chi connectivity index (χ3v) is 2.29. The van der Waals surface area contributed by atoms with Gasteiger partial charge in [0, 0.05) is 6.16 Å². The molecular formula is C10H10NP. The van der Waals surface area contributed by atoms with Gasteiger partial charge in [-0.25, -0.2) is 0 Å². The van der Waals surface area contributed by atoms with E-state index in [0.717, 1.165) is 25.5 Å². The highest BCUT2D eigenvalue weighted by Crippen LogP contribution is 2.13. The molecule has 2 heteroatoms. The molecule has 0 amide bonds. The number of aryl methyl sites for hydroxylation is 1. The maximum atomic E-state index is 8.68. The second kappa shape index (κ2) is 4.04. The lowest BCUT2D eigenvalue weighted by atomic mass is 10.1. The summed E-state index contributed by atoms with van der Waals surface area (Å²) < 4.78 is 0. The second-order valence-electron chi connectivity index (χ2n) is 2.64. The Bertz CT molecular complexity index is 336. The lowest BCUT2D eigenvalue weighted by Crippen LogP contribution is -1.84. The highest BCUT2D eigenvalue weighted by atomic mass is 31.1. The summed E-state index contributed by atoms with van der Waals surface area (Å²) in [5.74, 6) is 0. The Morgan fingerprint density at radius 2 is 2.33 bits per heavy atom. The van der Waals surface area contributed by atoms with Crippen LogP contribution in [-0.2, 0) is 6.16 Å². The molecule has 1 nitrogen and oxygen atoms in total. The molecule has 0 saturated carbocycles. The molecule has 0 aliphatic carbocycles. The number of nitrogens with zero attached hydrogens (tertiary/aromatic N) is 1. The van der Waals surface area contributed by atoms with Crippen molar-refractivity contribution in [2.24, 2.45) is 0 Å². The maximum absolute atomic E-state index is 8.68. The number of nitriles is 1. The zero-order chi connectivity index (χ0) is 8.97. The van der Waals surface area contributed by atoms with Crippen molar-refractivity contribution in [1.82, 2.24) is 0 Å². The van der Waals surface area contributed by atoms with Gasteiger partial charge in [-0.2, -0.15) is 5.26 Å². The first-order chi connectivity index (χ1) is 5.77. The van der Waals surface area contributed by atoms with E-state index in [0.29, 0.717) is 0 Å². The Labute approximate surface area is 74.5 Å². The standard InChI is InChI=1S/C10H10NP/c1-8-5-9(7-12-2)3-4-10(8)6-11/h3-5H,2,7H2,1H3. The van der Waals surface area contributed by atoms with Gasteiger partial charge in [0.25, 0.3) is 0 Å². The van der Waals surface area contributed by atoms with Gasteiger partial charge in [-0.1, -0.05) is 18.4 Å². The van der Waals surface area contributed by atoms with Crippen LogP contribution in [-0.4, -0.2) is 6.30 Å². The third kappa shape index (κ3) is 1.94. The van der Waals surface area contributed by atoms with Gasteiger partial charge in [-0.05, 0) is 24.1 Å². The molecule has 0 aliphatic heterocycles. The first-order valence-corrected chi connectivity index (χ1v) is 4.96. The highest BCUT2D eigenvalue weighted by molar-refractivity contribution is 7.35. The first-order valence-electron chi connectivity index (χ1n) is 3.70. The van der Waals surface area contributed by atoms with E-state index in [1.807, 2.05) is 19.1 Å². The average molecular weight is 175 g/mol. The van der Waals surface area contributed by atoms with Crippen LogP contribution in [0.15, 0.2) is 18.2 Å². The van der Waals surface area contributed by atoms with Crippen molar-refractivity contribution in [1.29, 1.82) is 5.26 Å². The Morgan fingerprint density at radius 3 is 2.83 bits per heavy atom. The van der Waals surface area contributed by atoms with Gasteiger partial charge in [0.05, 0.1) is 11.6 Å². The predicted octanol–water partition coefficient (Wildman–Crippen LogP) is 2.74. The van der Waals surface area contributed by atoms with Crippen LogP contribution in [0.4, 0.5) is 0 Å². The molecule has 0 unspecified atom stereocenters. The fourth-order valence-corrected chi connectivity index (χ4v) is 1.53. The number of hydrogen-bond acceptors (Lipinski definition) is 1. The molecule has 1 aromatic rings. The minimum absolute atomic E-state index is 0.763. The summed E-state index contributed by atoms with van der Waals surface area (Å²) in [7, 11) is 1.12. The van der Waals surface area contributed by atoms with E-state index in [4.69, 9.17) is 5.26 Å². The van der Waals surface area contributed by atoms with Crippen molar-refractivity contribution < 1.29 is 0 Å². The zero-order valence-corrected chi connectivity index (χ0v) is 7.94. The summed E-state index contributed by atoms with van der Waals surface area (Å²) in [6, 6.07) is 8.06. The van der Waals surface area contributed by atoms with E-state index in [1.165, 1.54) is 5.56 Å². The van der Waals surface area contributed by atoms with Crippen molar-refractivity contribution in [3.8, 4) is 6.07 Å². The van der Waals surface area contributed by atoms with Gasteiger partial charge < -0.3 is 0 Å². The summed E-state index contributed by atoms with van der Waals surface area (Å²) in [4.78, 5) is 0. The minimum atomic E-state index is 0.763. The van der Waals surface area contributed by atoms with Crippen LogP contribution in [0.5, 0.6) is 0 Å². The van der Waals surface area contributed by atoms with Crippen LogP contribution in [0.25, 0.3) is 0 Å². The molecule has 1 rings (SSSR count). The topological polar surface area (TPSA) is 23.8 Å². The normalized spacial score (nSPS) is 9.67. The molecular weight excluding hydrogens is 165 g/mol. The Balaban J connectivity index is 3.03. The van der Waals surface area contributed by atoms with E-state index in [-0.39, 0.29) is 0 Å². The zero-order valence-electron chi connectivity index (χ0n) is 7.04. The molecule has 0 heterocycles. The molecule has 0 radical (unpaired) electrons. The van der Waals surface area contributed by atoms with Crippen molar-refractivity contribution in [3.05, 3.63) is 34.9 Å². The Kier molecular flexibility index (Phi) is 3.02. The molecule has 1 aromatic carbocycles. The van der Waals surface area contributed by atoms with Crippen molar-refractivity contribution in [3.63, 3.8) is 0 Å². The predicted molar refractivity (Wildman–Crippen MR) is 53.6 cm³/mol. The molecule has 0 spiro atoms. The van der Waals surface area contributed by atoms with Crippen LogP contribution in [0.1, 0.15) is 16.7 Å². The molecule has 0 fully saturated rings. The average Bonchev–Trinajstić information content (AvgIpc) is 2.05. The lowest BCUT2D eigenvalue weighted by Gasteiger charge is -1.99. The van der Waals surface area contributed by atoms with Crippen molar-refractivity contribution in [2.75, 3.05) is 0 Å². The molecule has 0 atom stereocenters. The summed E-state index contributed by atoms with van der Waals surface area (Å²) in [6.07, 6.45) is 4.73. The molecule has 12 heavy (non-hydrogen) atoms.